The molecule has 0 unspecified atom stereocenters. The molecule has 0 atom stereocenters. The van der Waals surface area contributed by atoms with Crippen molar-refractivity contribution in [1.82, 2.24) is 9.13 Å². The molecule has 10 aromatic carbocycles. The molecule has 0 saturated heterocycles. The van der Waals surface area contributed by atoms with Crippen LogP contribution < -0.4 is 0 Å². The Morgan fingerprint density at radius 3 is 0.944 bits per heavy atom. The molecule has 12 rings (SSSR count). The van der Waals surface area contributed by atoms with Crippen LogP contribution in [0.1, 0.15) is 0 Å². The van der Waals surface area contributed by atoms with Crippen molar-refractivity contribution in [2.24, 2.45) is 0 Å². The molecule has 0 amide bonds. The van der Waals surface area contributed by atoms with Crippen LogP contribution in [0, 0.1) is 0 Å². The third kappa shape index (κ3) is 4.00. The quantitative estimate of drug-likeness (QED) is 0.164. The van der Waals surface area contributed by atoms with Crippen LogP contribution in [0.15, 0.2) is 194 Å². The zero-order valence-corrected chi connectivity index (χ0v) is 29.4. The van der Waals surface area contributed by atoms with Gasteiger partial charge in [0.15, 0.2) is 0 Å². The third-order valence-electron chi connectivity index (χ3n) is 11.6. The molecule has 250 valence electrons. The largest absolute Gasteiger partial charge is 0.309 e. The number of benzene rings is 10. The van der Waals surface area contributed by atoms with E-state index in [-0.39, 0.29) is 0 Å². The number of rotatable bonds is 3. The number of hydrogen-bond donors (Lipinski definition) is 0. The van der Waals surface area contributed by atoms with Crippen LogP contribution in [0.25, 0.3) is 109 Å². The molecule has 54 heavy (non-hydrogen) atoms. The van der Waals surface area contributed by atoms with Crippen molar-refractivity contribution in [3.63, 3.8) is 0 Å². The van der Waals surface area contributed by atoms with Crippen molar-refractivity contribution in [3.05, 3.63) is 194 Å². The van der Waals surface area contributed by atoms with E-state index in [9.17, 15) is 0 Å². The number of hydrogen-bond acceptors (Lipinski definition) is 0. The summed E-state index contributed by atoms with van der Waals surface area (Å²) in [7, 11) is 0. The minimum atomic E-state index is 1.16. The molecule has 0 aliphatic heterocycles. The van der Waals surface area contributed by atoms with E-state index >= 15 is 0 Å². The van der Waals surface area contributed by atoms with Gasteiger partial charge in [-0.05, 0) is 79.8 Å². The Morgan fingerprint density at radius 2 is 0.556 bits per heavy atom. The Balaban J connectivity index is 1.20. The maximum atomic E-state index is 2.49. The lowest BCUT2D eigenvalue weighted by molar-refractivity contribution is 1.18. The Bertz CT molecular complexity index is 3240. The van der Waals surface area contributed by atoms with E-state index in [0.717, 1.165) is 11.4 Å². The second kappa shape index (κ2) is 11.2. The molecular formula is C52H32N2. The van der Waals surface area contributed by atoms with Gasteiger partial charge in [-0.3, -0.25) is 0 Å². The van der Waals surface area contributed by atoms with E-state index in [1.807, 2.05) is 0 Å². The standard InChI is InChI=1S/C52H32N2/c1-3-15-35(16-4-1)53-47-31-33(27-29-45(47)49-41-23-11-7-19-37(41)39-21-9-13-25-43(39)51(49)53)34-28-30-46-48(32-34)54(36-17-5-2-6-18-36)52-44-26-14-10-22-40(44)38-20-8-12-24-42(38)50(46)52/h1-32H. The van der Waals surface area contributed by atoms with E-state index in [0.29, 0.717) is 0 Å². The molecule has 2 heterocycles. The van der Waals surface area contributed by atoms with E-state index < -0.39 is 0 Å². The summed E-state index contributed by atoms with van der Waals surface area (Å²) in [5, 5.41) is 15.4. The minimum Gasteiger partial charge on any atom is -0.309 e. The first-order chi connectivity index (χ1) is 26.8. The molecule has 2 nitrogen and oxygen atoms in total. The molecule has 0 aliphatic rings. The number of fused-ring (bicyclic) bond motifs is 16. The highest BCUT2D eigenvalue weighted by molar-refractivity contribution is 6.33. The predicted molar refractivity (Wildman–Crippen MR) is 231 cm³/mol. The fraction of sp³-hybridized carbons (Fsp3) is 0. The number of nitrogens with zero attached hydrogens (tertiary/aromatic N) is 2. The second-order valence-electron chi connectivity index (χ2n) is 14.4. The number of para-hydroxylation sites is 2. The molecule has 0 fully saturated rings. The average molecular weight is 685 g/mol. The molecule has 0 bridgehead atoms. The SMILES string of the molecule is c1ccc(-n2c3cc(-c4ccc5c6c7ccccc7c7ccccc7c6n(-c6ccccc6)c5c4)ccc3c3c4ccccc4c4ccccc4c32)cc1. The van der Waals surface area contributed by atoms with Gasteiger partial charge in [0.25, 0.3) is 0 Å². The van der Waals surface area contributed by atoms with Crippen LogP contribution in [0.5, 0.6) is 0 Å². The summed E-state index contributed by atoms with van der Waals surface area (Å²) >= 11 is 0. The fourth-order valence-corrected chi connectivity index (χ4v) is 9.40. The van der Waals surface area contributed by atoms with Gasteiger partial charge < -0.3 is 9.13 Å². The maximum Gasteiger partial charge on any atom is 0.0625 e. The zero-order chi connectivity index (χ0) is 35.3. The second-order valence-corrected chi connectivity index (χ2v) is 14.4. The smallest absolute Gasteiger partial charge is 0.0625 e. The van der Waals surface area contributed by atoms with E-state index in [1.54, 1.807) is 0 Å². The molecule has 2 aromatic heterocycles. The first-order valence-corrected chi connectivity index (χ1v) is 18.7. The summed E-state index contributed by atoms with van der Waals surface area (Å²) in [6.45, 7) is 0. The topological polar surface area (TPSA) is 9.86 Å². The Labute approximate surface area is 311 Å². The molecule has 0 aliphatic carbocycles. The van der Waals surface area contributed by atoms with Gasteiger partial charge in [0.2, 0.25) is 0 Å². The van der Waals surface area contributed by atoms with Crippen LogP contribution in [0.3, 0.4) is 0 Å². The van der Waals surface area contributed by atoms with Gasteiger partial charge in [-0.1, -0.05) is 158 Å². The molecular weight excluding hydrogens is 653 g/mol. The Kier molecular flexibility index (Phi) is 6.09. The summed E-state index contributed by atoms with van der Waals surface area (Å²) in [5.74, 6) is 0. The van der Waals surface area contributed by atoms with Gasteiger partial charge in [0, 0.05) is 43.7 Å². The molecule has 0 spiro atoms. The summed E-state index contributed by atoms with van der Waals surface area (Å²) in [6.07, 6.45) is 0. The van der Waals surface area contributed by atoms with Crippen molar-refractivity contribution < 1.29 is 0 Å². The minimum absolute atomic E-state index is 1.16. The highest BCUT2D eigenvalue weighted by Gasteiger charge is 2.22. The van der Waals surface area contributed by atoms with Crippen molar-refractivity contribution >= 4 is 86.7 Å². The highest BCUT2D eigenvalue weighted by Crippen LogP contribution is 2.45. The van der Waals surface area contributed by atoms with Gasteiger partial charge in [0.05, 0.1) is 22.1 Å². The van der Waals surface area contributed by atoms with E-state index in [4.69, 9.17) is 0 Å². The van der Waals surface area contributed by atoms with E-state index in [2.05, 4.69) is 203 Å². The number of aromatic nitrogens is 2. The zero-order valence-electron chi connectivity index (χ0n) is 29.4. The normalized spacial score (nSPS) is 12.1. The summed E-state index contributed by atoms with van der Waals surface area (Å²) in [4.78, 5) is 0. The average Bonchev–Trinajstić information content (AvgIpc) is 3.78. The van der Waals surface area contributed by atoms with Crippen LogP contribution in [0.2, 0.25) is 0 Å². The first kappa shape index (κ1) is 29.4. The molecule has 2 heteroatoms. The lowest BCUT2D eigenvalue weighted by Crippen LogP contribution is -1.95. The molecule has 0 N–H and O–H groups in total. The van der Waals surface area contributed by atoms with Crippen LogP contribution >= 0.6 is 0 Å². The van der Waals surface area contributed by atoms with Crippen molar-refractivity contribution in [2.45, 2.75) is 0 Å². The van der Waals surface area contributed by atoms with Gasteiger partial charge in [-0.15, -0.1) is 0 Å². The first-order valence-electron chi connectivity index (χ1n) is 18.7. The predicted octanol–water partition coefficient (Wildman–Crippen LogP) is 14.2. The summed E-state index contributed by atoms with van der Waals surface area (Å²) < 4.78 is 4.97. The van der Waals surface area contributed by atoms with Crippen LogP contribution in [0.4, 0.5) is 0 Å². The maximum absolute atomic E-state index is 2.49. The van der Waals surface area contributed by atoms with Gasteiger partial charge in [-0.2, -0.15) is 0 Å². The van der Waals surface area contributed by atoms with Gasteiger partial charge in [0.1, 0.15) is 0 Å². The van der Waals surface area contributed by atoms with Crippen LogP contribution in [-0.4, -0.2) is 9.13 Å². The van der Waals surface area contributed by atoms with E-state index in [1.165, 1.54) is 97.8 Å². The van der Waals surface area contributed by atoms with Crippen molar-refractivity contribution in [1.29, 1.82) is 0 Å². The van der Waals surface area contributed by atoms with Crippen molar-refractivity contribution in [2.75, 3.05) is 0 Å². The fourth-order valence-electron chi connectivity index (χ4n) is 9.40. The lowest BCUT2D eigenvalue weighted by Gasteiger charge is -2.12. The molecule has 0 radical (unpaired) electrons. The molecule has 0 saturated carbocycles. The van der Waals surface area contributed by atoms with Gasteiger partial charge >= 0.3 is 0 Å². The Morgan fingerprint density at radius 1 is 0.241 bits per heavy atom. The summed E-state index contributed by atoms with van der Waals surface area (Å²) in [6, 6.07) is 71.4. The highest BCUT2D eigenvalue weighted by atomic mass is 15.0. The monoisotopic (exact) mass is 684 g/mol. The van der Waals surface area contributed by atoms with Crippen LogP contribution in [-0.2, 0) is 0 Å². The van der Waals surface area contributed by atoms with Gasteiger partial charge in [-0.25, -0.2) is 0 Å². The molecule has 12 aromatic rings. The van der Waals surface area contributed by atoms with Crippen molar-refractivity contribution in [3.8, 4) is 22.5 Å². The lowest BCUT2D eigenvalue weighted by atomic mass is 9.95. The third-order valence-corrected chi connectivity index (χ3v) is 11.6. The Hall–Kier alpha value is -7.16. The summed E-state index contributed by atoms with van der Waals surface area (Å²) in [5.41, 5.74) is 9.62.